The predicted octanol–water partition coefficient (Wildman–Crippen LogP) is 2.18. The number of nitrogens with one attached hydrogen (secondary N) is 1. The van der Waals surface area contributed by atoms with E-state index in [-0.39, 0.29) is 17.1 Å². The second-order valence-electron chi connectivity index (χ2n) is 8.76. The van der Waals surface area contributed by atoms with Crippen LogP contribution in [0.5, 0.6) is 0 Å². The van der Waals surface area contributed by atoms with Crippen molar-refractivity contribution in [3.8, 4) is 0 Å². The van der Waals surface area contributed by atoms with Gasteiger partial charge in [-0.1, -0.05) is 11.6 Å². The number of hydrogen-bond acceptors (Lipinski definition) is 7. The summed E-state index contributed by atoms with van der Waals surface area (Å²) in [6, 6.07) is 3.54. The zero-order valence-corrected chi connectivity index (χ0v) is 19.1. The van der Waals surface area contributed by atoms with E-state index in [2.05, 4.69) is 20.5 Å². The smallest absolute Gasteiger partial charge is 0.410 e. The van der Waals surface area contributed by atoms with Crippen molar-refractivity contribution < 1.29 is 19.1 Å². The normalized spacial score (nSPS) is 15.2. The predicted molar refractivity (Wildman–Crippen MR) is 114 cm³/mol. The standard InChI is InChI=1S/C20H27ClN6O4/c1-19(2,3)31-18(29)26(4)9-17(28)24-15-7-13(6-14(21)23-15)20(10-30-11-20)8-16-25-22-12-27(16)5/h6-7,12H,8-11H2,1-5H3,(H,23,24,28). The average Bonchev–Trinajstić information content (AvgIpc) is 3.00. The van der Waals surface area contributed by atoms with Crippen LogP contribution < -0.4 is 5.32 Å². The van der Waals surface area contributed by atoms with Crippen molar-refractivity contribution in [2.75, 3.05) is 32.1 Å². The molecule has 2 aromatic heterocycles. The molecule has 3 rings (SSSR count). The Morgan fingerprint density at radius 3 is 2.61 bits per heavy atom. The molecule has 0 atom stereocenters. The summed E-state index contributed by atoms with van der Waals surface area (Å²) in [5, 5.41) is 11.0. The van der Waals surface area contributed by atoms with E-state index in [0.29, 0.717) is 25.5 Å². The van der Waals surface area contributed by atoms with Crippen LogP contribution in [-0.4, -0.2) is 69.1 Å². The van der Waals surface area contributed by atoms with Gasteiger partial charge < -0.3 is 24.3 Å². The van der Waals surface area contributed by atoms with E-state index in [1.807, 2.05) is 11.6 Å². The van der Waals surface area contributed by atoms with Gasteiger partial charge in [0.05, 0.1) is 13.2 Å². The topological polar surface area (TPSA) is 111 Å². The zero-order chi connectivity index (χ0) is 22.8. The molecular formula is C20H27ClN6O4. The number of likely N-dealkylation sites (N-methyl/N-ethyl adjacent to an activating group) is 1. The maximum Gasteiger partial charge on any atom is 0.410 e. The fraction of sp³-hybridized carbons (Fsp3) is 0.550. The quantitative estimate of drug-likeness (QED) is 0.671. The third-order valence-corrected chi connectivity index (χ3v) is 5.01. The van der Waals surface area contributed by atoms with Crippen molar-refractivity contribution in [2.24, 2.45) is 7.05 Å². The van der Waals surface area contributed by atoms with Gasteiger partial charge in [0, 0.05) is 25.9 Å². The molecule has 0 spiro atoms. The van der Waals surface area contributed by atoms with Gasteiger partial charge in [-0.25, -0.2) is 9.78 Å². The van der Waals surface area contributed by atoms with E-state index in [4.69, 9.17) is 21.1 Å². The number of hydrogen-bond donors (Lipinski definition) is 1. The average molecular weight is 451 g/mol. The van der Waals surface area contributed by atoms with E-state index < -0.39 is 17.6 Å². The van der Waals surface area contributed by atoms with E-state index in [1.54, 1.807) is 39.2 Å². The minimum absolute atomic E-state index is 0.189. The Morgan fingerprint density at radius 1 is 1.35 bits per heavy atom. The van der Waals surface area contributed by atoms with Crippen molar-refractivity contribution in [3.63, 3.8) is 0 Å². The Morgan fingerprint density at radius 2 is 2.06 bits per heavy atom. The Balaban J connectivity index is 1.71. The number of pyridine rings is 1. The first-order chi connectivity index (χ1) is 14.5. The van der Waals surface area contributed by atoms with Crippen LogP contribution in [0.4, 0.5) is 10.6 Å². The fourth-order valence-electron chi connectivity index (χ4n) is 3.16. The molecule has 31 heavy (non-hydrogen) atoms. The van der Waals surface area contributed by atoms with Gasteiger partial charge in [0.2, 0.25) is 5.91 Å². The minimum Gasteiger partial charge on any atom is -0.444 e. The lowest BCUT2D eigenvalue weighted by molar-refractivity contribution is -0.117. The molecular weight excluding hydrogens is 424 g/mol. The Bertz CT molecular complexity index is 967. The van der Waals surface area contributed by atoms with Crippen LogP contribution in [0.25, 0.3) is 0 Å². The number of halogens is 1. The summed E-state index contributed by atoms with van der Waals surface area (Å²) < 4.78 is 12.6. The molecule has 1 saturated heterocycles. The molecule has 2 amide bonds. The van der Waals surface area contributed by atoms with E-state index in [1.165, 1.54) is 11.9 Å². The Kier molecular flexibility index (Phi) is 6.51. The Labute approximate surface area is 185 Å². The van der Waals surface area contributed by atoms with Crippen molar-refractivity contribution in [1.29, 1.82) is 0 Å². The molecule has 0 radical (unpaired) electrons. The third kappa shape index (κ3) is 5.71. The summed E-state index contributed by atoms with van der Waals surface area (Å²) in [6.45, 7) is 6.08. The van der Waals surface area contributed by atoms with Crippen LogP contribution in [0.2, 0.25) is 5.15 Å². The monoisotopic (exact) mass is 450 g/mol. The highest BCUT2D eigenvalue weighted by Gasteiger charge is 2.42. The van der Waals surface area contributed by atoms with Gasteiger partial charge in [-0.15, -0.1) is 10.2 Å². The molecule has 0 aliphatic carbocycles. The number of ether oxygens (including phenoxy) is 2. The van der Waals surface area contributed by atoms with Gasteiger partial charge in [0.1, 0.15) is 35.3 Å². The highest BCUT2D eigenvalue weighted by Crippen LogP contribution is 2.37. The van der Waals surface area contributed by atoms with Crippen molar-refractivity contribution >= 4 is 29.4 Å². The first-order valence-electron chi connectivity index (χ1n) is 9.80. The van der Waals surface area contributed by atoms with Gasteiger partial charge in [-0.3, -0.25) is 4.79 Å². The first-order valence-corrected chi connectivity index (χ1v) is 10.2. The molecule has 10 nitrogen and oxygen atoms in total. The number of aromatic nitrogens is 4. The number of amides is 2. The summed E-state index contributed by atoms with van der Waals surface area (Å²) in [4.78, 5) is 29.9. The van der Waals surface area contributed by atoms with Crippen LogP contribution in [0.3, 0.4) is 0 Å². The maximum atomic E-state index is 12.5. The summed E-state index contributed by atoms with van der Waals surface area (Å²) in [5.41, 5.74) is -0.0923. The summed E-state index contributed by atoms with van der Waals surface area (Å²) in [6.07, 6.45) is 1.67. The number of anilines is 1. The first kappa shape index (κ1) is 23.0. The molecule has 3 heterocycles. The van der Waals surface area contributed by atoms with Crippen molar-refractivity contribution in [2.45, 2.75) is 38.2 Å². The highest BCUT2D eigenvalue weighted by atomic mass is 35.5. The van der Waals surface area contributed by atoms with Gasteiger partial charge in [0.15, 0.2) is 0 Å². The second kappa shape index (κ2) is 8.80. The lowest BCUT2D eigenvalue weighted by Crippen LogP contribution is -2.49. The van der Waals surface area contributed by atoms with Gasteiger partial charge in [0.25, 0.3) is 0 Å². The fourth-order valence-corrected chi connectivity index (χ4v) is 3.37. The molecule has 0 bridgehead atoms. The van der Waals surface area contributed by atoms with Crippen molar-refractivity contribution in [1.82, 2.24) is 24.6 Å². The molecule has 1 aliphatic heterocycles. The third-order valence-electron chi connectivity index (χ3n) is 4.82. The largest absolute Gasteiger partial charge is 0.444 e. The molecule has 0 aromatic carbocycles. The number of rotatable bonds is 6. The lowest BCUT2D eigenvalue weighted by atomic mass is 9.76. The molecule has 0 unspecified atom stereocenters. The van der Waals surface area contributed by atoms with Crippen LogP contribution in [0.1, 0.15) is 32.2 Å². The number of carbonyl (C=O) groups is 2. The van der Waals surface area contributed by atoms with Crippen LogP contribution >= 0.6 is 11.6 Å². The molecule has 11 heteroatoms. The van der Waals surface area contributed by atoms with E-state index >= 15 is 0 Å². The molecule has 168 valence electrons. The lowest BCUT2D eigenvalue weighted by Gasteiger charge is -2.41. The summed E-state index contributed by atoms with van der Waals surface area (Å²) in [5.74, 6) is 0.705. The summed E-state index contributed by atoms with van der Waals surface area (Å²) >= 11 is 6.24. The molecule has 1 fully saturated rings. The number of aryl methyl sites for hydroxylation is 1. The van der Waals surface area contributed by atoms with Gasteiger partial charge >= 0.3 is 6.09 Å². The van der Waals surface area contributed by atoms with Gasteiger partial charge in [-0.2, -0.15) is 0 Å². The minimum atomic E-state index is -0.646. The molecule has 1 N–H and O–H groups in total. The molecule has 0 saturated carbocycles. The van der Waals surface area contributed by atoms with Crippen molar-refractivity contribution in [3.05, 3.63) is 35.0 Å². The van der Waals surface area contributed by atoms with Crippen LogP contribution in [0, 0.1) is 0 Å². The molecule has 1 aliphatic rings. The van der Waals surface area contributed by atoms with Crippen LogP contribution in [0.15, 0.2) is 18.5 Å². The van der Waals surface area contributed by atoms with Crippen LogP contribution in [-0.2, 0) is 33.2 Å². The number of nitrogens with zero attached hydrogens (tertiary/aromatic N) is 5. The second-order valence-corrected chi connectivity index (χ2v) is 9.14. The van der Waals surface area contributed by atoms with E-state index in [0.717, 1.165) is 11.4 Å². The molecule has 2 aromatic rings. The summed E-state index contributed by atoms with van der Waals surface area (Å²) in [7, 11) is 3.38. The zero-order valence-electron chi connectivity index (χ0n) is 18.3. The Hall–Kier alpha value is -2.72. The number of carbonyl (C=O) groups excluding carboxylic acids is 2. The highest BCUT2D eigenvalue weighted by molar-refractivity contribution is 6.29. The van der Waals surface area contributed by atoms with E-state index in [9.17, 15) is 9.59 Å². The van der Waals surface area contributed by atoms with Gasteiger partial charge in [-0.05, 0) is 38.5 Å². The maximum absolute atomic E-state index is 12.5. The SMILES string of the molecule is CN(CC(=O)Nc1cc(C2(Cc3nncn3C)COC2)cc(Cl)n1)C(=O)OC(C)(C)C.